The lowest BCUT2D eigenvalue weighted by Crippen LogP contribution is -2.37. The SMILES string of the molecule is CCCC1CCC(C(Cc2ccc(F)c(Cl)c2)NC)CC1. The van der Waals surface area contributed by atoms with Crippen molar-refractivity contribution in [2.75, 3.05) is 7.05 Å². The van der Waals surface area contributed by atoms with Crippen LogP contribution in [0.3, 0.4) is 0 Å². The van der Waals surface area contributed by atoms with Gasteiger partial charge >= 0.3 is 0 Å². The van der Waals surface area contributed by atoms with Gasteiger partial charge in [-0.1, -0.05) is 50.3 Å². The highest BCUT2D eigenvalue weighted by Gasteiger charge is 2.26. The van der Waals surface area contributed by atoms with Crippen LogP contribution >= 0.6 is 11.6 Å². The molecule has 1 aliphatic rings. The Kier molecular flexibility index (Phi) is 6.50. The van der Waals surface area contributed by atoms with E-state index < -0.39 is 0 Å². The molecule has 0 amide bonds. The van der Waals surface area contributed by atoms with Gasteiger partial charge in [0.1, 0.15) is 5.82 Å². The Morgan fingerprint density at radius 2 is 2.00 bits per heavy atom. The molecule has 1 aromatic carbocycles. The van der Waals surface area contributed by atoms with Crippen LogP contribution in [0.5, 0.6) is 0 Å². The lowest BCUT2D eigenvalue weighted by atomic mass is 9.76. The highest BCUT2D eigenvalue weighted by molar-refractivity contribution is 6.30. The molecule has 3 heteroatoms. The molecule has 1 atom stereocenters. The first-order valence-electron chi connectivity index (χ1n) is 8.25. The van der Waals surface area contributed by atoms with Crippen LogP contribution in [-0.4, -0.2) is 13.1 Å². The van der Waals surface area contributed by atoms with Crippen LogP contribution in [0.2, 0.25) is 5.02 Å². The molecule has 0 radical (unpaired) electrons. The fourth-order valence-electron chi connectivity index (χ4n) is 3.71. The fourth-order valence-corrected chi connectivity index (χ4v) is 3.92. The molecule has 0 bridgehead atoms. The minimum absolute atomic E-state index is 0.231. The van der Waals surface area contributed by atoms with Crippen molar-refractivity contribution in [3.8, 4) is 0 Å². The molecule has 1 unspecified atom stereocenters. The quantitative estimate of drug-likeness (QED) is 0.760. The molecule has 0 heterocycles. The Morgan fingerprint density at radius 1 is 1.29 bits per heavy atom. The third kappa shape index (κ3) is 4.69. The number of likely N-dealkylation sites (N-methyl/N-ethyl adjacent to an activating group) is 1. The van der Waals surface area contributed by atoms with E-state index in [1.165, 1.54) is 44.6 Å². The smallest absolute Gasteiger partial charge is 0.141 e. The second-order valence-electron chi connectivity index (χ2n) is 6.42. The average molecular weight is 312 g/mol. The minimum atomic E-state index is -0.332. The summed E-state index contributed by atoms with van der Waals surface area (Å²) >= 11 is 5.88. The van der Waals surface area contributed by atoms with Crippen LogP contribution in [-0.2, 0) is 6.42 Å². The monoisotopic (exact) mass is 311 g/mol. The predicted molar refractivity (Wildman–Crippen MR) is 88.3 cm³/mol. The zero-order chi connectivity index (χ0) is 15.2. The van der Waals surface area contributed by atoms with E-state index >= 15 is 0 Å². The molecule has 0 aliphatic heterocycles. The van der Waals surface area contributed by atoms with Crippen LogP contribution in [0, 0.1) is 17.7 Å². The molecule has 1 aliphatic carbocycles. The molecule has 1 nitrogen and oxygen atoms in total. The van der Waals surface area contributed by atoms with E-state index in [9.17, 15) is 4.39 Å². The first kappa shape index (κ1) is 16.8. The molecule has 0 saturated heterocycles. The summed E-state index contributed by atoms with van der Waals surface area (Å²) in [5, 5.41) is 3.69. The van der Waals surface area contributed by atoms with Crippen molar-refractivity contribution in [1.82, 2.24) is 5.32 Å². The number of nitrogens with one attached hydrogen (secondary N) is 1. The van der Waals surface area contributed by atoms with Crippen molar-refractivity contribution in [3.63, 3.8) is 0 Å². The van der Waals surface area contributed by atoms with E-state index in [-0.39, 0.29) is 10.8 Å². The van der Waals surface area contributed by atoms with E-state index in [2.05, 4.69) is 12.2 Å². The number of hydrogen-bond donors (Lipinski definition) is 1. The summed E-state index contributed by atoms with van der Waals surface area (Å²) in [4.78, 5) is 0. The first-order valence-corrected chi connectivity index (χ1v) is 8.63. The maximum absolute atomic E-state index is 13.2. The summed E-state index contributed by atoms with van der Waals surface area (Å²) in [6.07, 6.45) is 8.96. The van der Waals surface area contributed by atoms with Gasteiger partial charge in [-0.25, -0.2) is 4.39 Å². The van der Waals surface area contributed by atoms with Gasteiger partial charge in [0.15, 0.2) is 0 Å². The lowest BCUT2D eigenvalue weighted by molar-refractivity contribution is 0.217. The van der Waals surface area contributed by atoms with Crippen LogP contribution in [0.15, 0.2) is 18.2 Å². The van der Waals surface area contributed by atoms with Gasteiger partial charge < -0.3 is 5.32 Å². The van der Waals surface area contributed by atoms with Gasteiger partial charge in [0.25, 0.3) is 0 Å². The van der Waals surface area contributed by atoms with Gasteiger partial charge in [-0.05, 0) is 55.8 Å². The zero-order valence-electron chi connectivity index (χ0n) is 13.2. The zero-order valence-corrected chi connectivity index (χ0v) is 13.9. The van der Waals surface area contributed by atoms with Crippen molar-refractivity contribution >= 4 is 11.6 Å². The molecule has 1 N–H and O–H groups in total. The van der Waals surface area contributed by atoms with Crippen molar-refractivity contribution in [2.45, 2.75) is 57.9 Å². The summed E-state index contributed by atoms with van der Waals surface area (Å²) in [7, 11) is 2.04. The molecule has 0 spiro atoms. The van der Waals surface area contributed by atoms with E-state index in [0.29, 0.717) is 6.04 Å². The van der Waals surface area contributed by atoms with Crippen molar-refractivity contribution in [3.05, 3.63) is 34.6 Å². The Hall–Kier alpha value is -0.600. The maximum atomic E-state index is 13.2. The van der Waals surface area contributed by atoms with Gasteiger partial charge in [-0.15, -0.1) is 0 Å². The first-order chi connectivity index (χ1) is 10.1. The van der Waals surface area contributed by atoms with Crippen LogP contribution in [0.25, 0.3) is 0 Å². The van der Waals surface area contributed by atoms with Crippen molar-refractivity contribution < 1.29 is 4.39 Å². The third-order valence-corrected chi connectivity index (χ3v) is 5.26. The minimum Gasteiger partial charge on any atom is -0.316 e. The summed E-state index contributed by atoms with van der Waals surface area (Å²) in [5.74, 6) is 1.33. The lowest BCUT2D eigenvalue weighted by Gasteiger charge is -2.34. The van der Waals surface area contributed by atoms with E-state index in [1.807, 2.05) is 13.1 Å². The normalized spacial score (nSPS) is 24.0. The molecular weight excluding hydrogens is 285 g/mol. The largest absolute Gasteiger partial charge is 0.316 e. The Balaban J connectivity index is 1.92. The number of benzene rings is 1. The second kappa shape index (κ2) is 8.14. The summed E-state index contributed by atoms with van der Waals surface area (Å²) in [6.45, 7) is 2.28. The van der Waals surface area contributed by atoms with E-state index in [1.54, 1.807) is 6.07 Å². The van der Waals surface area contributed by atoms with Crippen LogP contribution < -0.4 is 5.32 Å². The average Bonchev–Trinajstić information content (AvgIpc) is 2.50. The van der Waals surface area contributed by atoms with E-state index in [4.69, 9.17) is 11.6 Å². The van der Waals surface area contributed by atoms with Gasteiger partial charge in [-0.3, -0.25) is 0 Å². The van der Waals surface area contributed by atoms with Gasteiger partial charge in [0, 0.05) is 6.04 Å². The molecule has 1 saturated carbocycles. The Bertz CT molecular complexity index is 441. The molecule has 0 aromatic heterocycles. The summed E-state index contributed by atoms with van der Waals surface area (Å²) < 4.78 is 13.2. The number of rotatable bonds is 6. The van der Waals surface area contributed by atoms with Gasteiger partial charge in [-0.2, -0.15) is 0 Å². The highest BCUT2D eigenvalue weighted by Crippen LogP contribution is 2.34. The van der Waals surface area contributed by atoms with Gasteiger partial charge in [0.2, 0.25) is 0 Å². The Morgan fingerprint density at radius 3 is 2.57 bits per heavy atom. The predicted octanol–water partition coefficient (Wildman–Crippen LogP) is 5.22. The van der Waals surface area contributed by atoms with Crippen LogP contribution in [0.1, 0.15) is 51.0 Å². The van der Waals surface area contributed by atoms with Crippen LogP contribution in [0.4, 0.5) is 4.39 Å². The molecule has 2 rings (SSSR count). The summed E-state index contributed by atoms with van der Waals surface area (Å²) in [5.41, 5.74) is 1.12. The number of halogens is 2. The molecule has 1 aromatic rings. The standard InChI is InChI=1S/C18H27ClFN/c1-3-4-13-5-8-15(9-6-13)18(21-2)12-14-7-10-17(20)16(19)11-14/h7,10-11,13,15,18,21H,3-6,8-9,12H2,1-2H3. The highest BCUT2D eigenvalue weighted by atomic mass is 35.5. The van der Waals surface area contributed by atoms with Crippen molar-refractivity contribution in [2.24, 2.45) is 11.8 Å². The fraction of sp³-hybridized carbons (Fsp3) is 0.667. The maximum Gasteiger partial charge on any atom is 0.141 e. The number of hydrogen-bond acceptors (Lipinski definition) is 1. The van der Waals surface area contributed by atoms with E-state index in [0.717, 1.165) is 23.8 Å². The van der Waals surface area contributed by atoms with Gasteiger partial charge in [0.05, 0.1) is 5.02 Å². The molecule has 1 fully saturated rings. The molecule has 118 valence electrons. The van der Waals surface area contributed by atoms with Crippen molar-refractivity contribution in [1.29, 1.82) is 0 Å². The Labute approximate surface area is 133 Å². The summed E-state index contributed by atoms with van der Waals surface area (Å²) in [6, 6.07) is 5.56. The second-order valence-corrected chi connectivity index (χ2v) is 6.82. The topological polar surface area (TPSA) is 12.0 Å². The molecular formula is C18H27ClFN. The third-order valence-electron chi connectivity index (χ3n) is 4.97. The molecule has 21 heavy (non-hydrogen) atoms.